The molecule has 5 heteroatoms. The lowest BCUT2D eigenvalue weighted by atomic mass is 10.1. The van der Waals surface area contributed by atoms with Crippen LogP contribution in [-0.2, 0) is 0 Å². The molecule has 124 valence electrons. The molecule has 0 spiro atoms. The second-order valence-electron chi connectivity index (χ2n) is 5.71. The molecule has 0 bridgehead atoms. The molecule has 0 unspecified atom stereocenters. The van der Waals surface area contributed by atoms with Gasteiger partial charge in [0.15, 0.2) is 0 Å². The van der Waals surface area contributed by atoms with E-state index in [9.17, 15) is 0 Å². The van der Waals surface area contributed by atoms with E-state index in [1.54, 1.807) is 24.8 Å². The summed E-state index contributed by atoms with van der Waals surface area (Å²) in [5.74, 6) is 0.809. The van der Waals surface area contributed by atoms with Gasteiger partial charge in [-0.05, 0) is 42.8 Å². The van der Waals surface area contributed by atoms with Gasteiger partial charge < -0.3 is 9.30 Å². The fraction of sp³-hybridized carbons (Fsp3) is 0.100. The van der Waals surface area contributed by atoms with E-state index in [1.807, 2.05) is 54.1 Å². The van der Waals surface area contributed by atoms with Gasteiger partial charge >= 0.3 is 0 Å². The van der Waals surface area contributed by atoms with Crippen molar-refractivity contribution in [1.82, 2.24) is 14.5 Å². The minimum Gasteiger partial charge on any atom is -0.495 e. The van der Waals surface area contributed by atoms with Crippen LogP contribution in [0.5, 0.6) is 5.75 Å². The van der Waals surface area contributed by atoms with Crippen LogP contribution < -0.4 is 4.74 Å². The van der Waals surface area contributed by atoms with E-state index in [0.717, 1.165) is 33.2 Å². The second-order valence-corrected chi connectivity index (χ2v) is 6.77. The average molecular weight is 347 g/mol. The second kappa shape index (κ2) is 6.53. The van der Waals surface area contributed by atoms with Crippen molar-refractivity contribution in [3.8, 4) is 11.4 Å². The molecule has 0 atom stereocenters. The smallest absolute Gasteiger partial charge is 0.143 e. The third-order valence-corrected chi connectivity index (χ3v) is 4.92. The van der Waals surface area contributed by atoms with Crippen molar-refractivity contribution in [2.45, 2.75) is 6.92 Å². The maximum absolute atomic E-state index is 5.55. The Hall–Kier alpha value is -2.92. The largest absolute Gasteiger partial charge is 0.495 e. The quantitative estimate of drug-likeness (QED) is 0.523. The van der Waals surface area contributed by atoms with Crippen LogP contribution in [-0.4, -0.2) is 21.6 Å². The van der Waals surface area contributed by atoms with Gasteiger partial charge in [-0.1, -0.05) is 24.3 Å². The molecule has 0 radical (unpaired) electrons. The number of fused-ring (bicyclic) bond motifs is 1. The normalized spacial score (nSPS) is 11.4. The number of para-hydroxylation sites is 1. The molecule has 0 fully saturated rings. The van der Waals surface area contributed by atoms with E-state index in [-0.39, 0.29) is 0 Å². The van der Waals surface area contributed by atoms with Crippen molar-refractivity contribution in [2.75, 3.05) is 7.11 Å². The number of ether oxygens (including phenoxy) is 1. The van der Waals surface area contributed by atoms with E-state index >= 15 is 0 Å². The number of aromatic nitrogens is 3. The zero-order chi connectivity index (χ0) is 17.2. The molecule has 2 aromatic carbocycles. The molecule has 0 saturated carbocycles. The van der Waals surface area contributed by atoms with Crippen LogP contribution in [0, 0.1) is 6.92 Å². The molecule has 0 saturated heterocycles. The van der Waals surface area contributed by atoms with E-state index < -0.39 is 0 Å². The van der Waals surface area contributed by atoms with Crippen molar-refractivity contribution >= 4 is 33.7 Å². The molecule has 0 amide bonds. The molecule has 0 aliphatic rings. The maximum Gasteiger partial charge on any atom is 0.143 e. The Balaban J connectivity index is 1.64. The Morgan fingerprint density at radius 2 is 2.00 bits per heavy atom. The number of aryl methyl sites for hydroxylation is 1. The number of hydrogen-bond donors (Lipinski definition) is 0. The maximum atomic E-state index is 5.55. The number of hydrogen-bond acceptors (Lipinski definition) is 4. The van der Waals surface area contributed by atoms with Gasteiger partial charge in [-0.3, -0.25) is 0 Å². The van der Waals surface area contributed by atoms with Crippen LogP contribution in [0.25, 0.3) is 28.1 Å². The third-order valence-electron chi connectivity index (χ3n) is 3.92. The summed E-state index contributed by atoms with van der Waals surface area (Å²) in [7, 11) is 1.68. The summed E-state index contributed by atoms with van der Waals surface area (Å²) in [4.78, 5) is 8.90. The van der Waals surface area contributed by atoms with Crippen LogP contribution in [0.3, 0.4) is 0 Å². The van der Waals surface area contributed by atoms with E-state index in [0.29, 0.717) is 0 Å². The van der Waals surface area contributed by atoms with Gasteiger partial charge in [0.2, 0.25) is 0 Å². The summed E-state index contributed by atoms with van der Waals surface area (Å²) in [6.45, 7) is 1.97. The fourth-order valence-electron chi connectivity index (χ4n) is 2.69. The molecule has 2 heterocycles. The third kappa shape index (κ3) is 3.19. The van der Waals surface area contributed by atoms with Gasteiger partial charge in [0.1, 0.15) is 10.8 Å². The summed E-state index contributed by atoms with van der Waals surface area (Å²) < 4.78 is 8.72. The standard InChI is InChI=1S/C20H17N3OS/c1-14-12-23(13-21-14)17-9-7-15(11-18(17)24-2)8-10-20-22-16-5-3-4-6-19(16)25-20/h3-13H,1-2H3/b10-8+. The molecule has 0 aliphatic heterocycles. The van der Waals surface area contributed by atoms with Gasteiger partial charge in [0, 0.05) is 6.20 Å². The van der Waals surface area contributed by atoms with Crippen molar-refractivity contribution in [3.05, 3.63) is 71.3 Å². The van der Waals surface area contributed by atoms with Crippen molar-refractivity contribution in [3.63, 3.8) is 0 Å². The van der Waals surface area contributed by atoms with Gasteiger partial charge in [-0.15, -0.1) is 11.3 Å². The first-order valence-corrected chi connectivity index (χ1v) is 8.77. The lowest BCUT2D eigenvalue weighted by Crippen LogP contribution is -1.95. The summed E-state index contributed by atoms with van der Waals surface area (Å²) >= 11 is 1.69. The van der Waals surface area contributed by atoms with Crippen molar-refractivity contribution in [2.24, 2.45) is 0 Å². The average Bonchev–Trinajstić information content (AvgIpc) is 3.25. The Kier molecular flexibility index (Phi) is 4.07. The van der Waals surface area contributed by atoms with Crippen LogP contribution in [0.4, 0.5) is 0 Å². The number of methoxy groups -OCH3 is 1. The highest BCUT2D eigenvalue weighted by Crippen LogP contribution is 2.27. The van der Waals surface area contributed by atoms with Crippen LogP contribution in [0.2, 0.25) is 0 Å². The predicted octanol–water partition coefficient (Wildman–Crippen LogP) is 4.97. The topological polar surface area (TPSA) is 39.9 Å². The first kappa shape index (κ1) is 15.6. The number of benzene rings is 2. The SMILES string of the molecule is COc1cc(/C=C/c2nc3ccccc3s2)ccc1-n1cnc(C)c1. The molecule has 4 aromatic rings. The minimum atomic E-state index is 0.809. The minimum absolute atomic E-state index is 0.809. The van der Waals surface area contributed by atoms with Crippen LogP contribution >= 0.6 is 11.3 Å². The summed E-state index contributed by atoms with van der Waals surface area (Å²) in [5.41, 5.74) is 4.05. The molecular weight excluding hydrogens is 330 g/mol. The molecule has 4 nitrogen and oxygen atoms in total. The molecule has 0 aliphatic carbocycles. The molecule has 2 aromatic heterocycles. The van der Waals surface area contributed by atoms with Crippen molar-refractivity contribution in [1.29, 1.82) is 0 Å². The Bertz CT molecular complexity index is 1030. The monoisotopic (exact) mass is 347 g/mol. The summed E-state index contributed by atoms with van der Waals surface area (Å²) in [6.07, 6.45) is 7.88. The lowest BCUT2D eigenvalue weighted by Gasteiger charge is -2.09. The summed E-state index contributed by atoms with van der Waals surface area (Å²) in [6, 6.07) is 14.3. The molecule has 4 rings (SSSR count). The number of imidazole rings is 1. The number of nitrogens with zero attached hydrogens (tertiary/aromatic N) is 3. The lowest BCUT2D eigenvalue weighted by molar-refractivity contribution is 0.413. The number of rotatable bonds is 4. The van der Waals surface area contributed by atoms with Gasteiger partial charge in [0.05, 0.1) is 35.0 Å². The van der Waals surface area contributed by atoms with E-state index in [1.165, 1.54) is 4.70 Å². The highest BCUT2D eigenvalue weighted by molar-refractivity contribution is 7.19. The Morgan fingerprint density at radius 1 is 1.12 bits per heavy atom. The molecule has 0 N–H and O–H groups in total. The Labute approximate surface area is 150 Å². The predicted molar refractivity (Wildman–Crippen MR) is 103 cm³/mol. The van der Waals surface area contributed by atoms with E-state index in [2.05, 4.69) is 28.2 Å². The van der Waals surface area contributed by atoms with E-state index in [4.69, 9.17) is 4.74 Å². The first-order chi connectivity index (χ1) is 12.2. The first-order valence-electron chi connectivity index (χ1n) is 7.95. The van der Waals surface area contributed by atoms with Crippen molar-refractivity contribution < 1.29 is 4.74 Å². The molecule has 25 heavy (non-hydrogen) atoms. The highest BCUT2D eigenvalue weighted by Gasteiger charge is 2.06. The zero-order valence-corrected chi connectivity index (χ0v) is 14.8. The van der Waals surface area contributed by atoms with Gasteiger partial charge in [0.25, 0.3) is 0 Å². The van der Waals surface area contributed by atoms with Gasteiger partial charge in [-0.2, -0.15) is 0 Å². The fourth-order valence-corrected chi connectivity index (χ4v) is 3.56. The van der Waals surface area contributed by atoms with Gasteiger partial charge in [-0.25, -0.2) is 9.97 Å². The summed E-state index contributed by atoms with van der Waals surface area (Å²) in [5, 5.41) is 0.995. The number of thiazole rings is 1. The zero-order valence-electron chi connectivity index (χ0n) is 14.0. The highest BCUT2D eigenvalue weighted by atomic mass is 32.1. The molecular formula is C20H17N3OS. The van der Waals surface area contributed by atoms with Crippen LogP contribution in [0.1, 0.15) is 16.3 Å². The Morgan fingerprint density at radius 3 is 2.76 bits per heavy atom. The van der Waals surface area contributed by atoms with Crippen LogP contribution in [0.15, 0.2) is 55.0 Å².